The molecule has 2 N–H and O–H groups in total. The van der Waals surface area contributed by atoms with E-state index < -0.39 is 19.2 Å². The molecule has 0 spiro atoms. The largest absolute Gasteiger partial charge is 0.480 e. The lowest BCUT2D eigenvalue weighted by Crippen LogP contribution is -2.32. The summed E-state index contributed by atoms with van der Waals surface area (Å²) in [5.41, 5.74) is 1.59. The van der Waals surface area contributed by atoms with Crippen molar-refractivity contribution < 1.29 is 19.4 Å². The Balaban J connectivity index is 2.10. The van der Waals surface area contributed by atoms with Crippen molar-refractivity contribution >= 4 is 14.0 Å². The SMILES string of the molecule is O=C(O)C(CCCCc1ccccc1)(c1ccccc1)[PH](=O)O. The number of carboxylic acid groups (broad SMARTS) is 1. The molecule has 4 nitrogen and oxygen atoms in total. The van der Waals surface area contributed by atoms with E-state index in [9.17, 15) is 19.4 Å². The molecule has 2 unspecified atom stereocenters. The summed E-state index contributed by atoms with van der Waals surface area (Å²) >= 11 is 0. The molecule has 0 bridgehead atoms. The van der Waals surface area contributed by atoms with E-state index in [2.05, 4.69) is 0 Å². The second kappa shape index (κ2) is 8.09. The van der Waals surface area contributed by atoms with Gasteiger partial charge in [-0.2, -0.15) is 0 Å². The van der Waals surface area contributed by atoms with E-state index >= 15 is 0 Å². The van der Waals surface area contributed by atoms with Gasteiger partial charge in [-0.15, -0.1) is 0 Å². The molecule has 0 fully saturated rings. The minimum atomic E-state index is -3.28. The number of benzene rings is 2. The first-order chi connectivity index (χ1) is 11.1. The van der Waals surface area contributed by atoms with Gasteiger partial charge in [0, 0.05) is 0 Å². The van der Waals surface area contributed by atoms with Gasteiger partial charge in [-0.3, -0.25) is 9.36 Å². The summed E-state index contributed by atoms with van der Waals surface area (Å²) in [5.74, 6) is -1.23. The maximum Gasteiger partial charge on any atom is 0.323 e. The molecule has 0 aliphatic rings. The number of hydrogen-bond acceptors (Lipinski definition) is 2. The van der Waals surface area contributed by atoms with Crippen LogP contribution in [0.1, 0.15) is 30.4 Å². The lowest BCUT2D eigenvalue weighted by atomic mass is 9.91. The first-order valence-electron chi connectivity index (χ1n) is 7.63. The first kappa shape index (κ1) is 17.5. The minimum absolute atomic E-state index is 0.160. The van der Waals surface area contributed by atoms with Gasteiger partial charge in [0.05, 0.1) is 0 Å². The van der Waals surface area contributed by atoms with Crippen molar-refractivity contribution in [3.63, 3.8) is 0 Å². The second-order valence-electron chi connectivity index (χ2n) is 5.57. The normalized spacial score (nSPS) is 14.8. The fourth-order valence-corrected chi connectivity index (χ4v) is 3.77. The van der Waals surface area contributed by atoms with E-state index in [1.807, 2.05) is 30.3 Å². The highest BCUT2D eigenvalue weighted by molar-refractivity contribution is 7.41. The quantitative estimate of drug-likeness (QED) is 0.569. The number of hydrogen-bond donors (Lipinski definition) is 2. The summed E-state index contributed by atoms with van der Waals surface area (Å²) in [6.07, 6.45) is 2.35. The van der Waals surface area contributed by atoms with E-state index in [1.54, 1.807) is 30.3 Å². The van der Waals surface area contributed by atoms with Crippen LogP contribution < -0.4 is 0 Å². The van der Waals surface area contributed by atoms with Crippen molar-refractivity contribution in [2.45, 2.75) is 30.8 Å². The Morgan fingerprint density at radius 1 is 0.957 bits per heavy atom. The number of rotatable bonds is 8. The number of carboxylic acids is 1. The molecule has 0 aliphatic carbocycles. The van der Waals surface area contributed by atoms with E-state index in [0.29, 0.717) is 12.0 Å². The van der Waals surface area contributed by atoms with Gasteiger partial charge in [0.1, 0.15) is 0 Å². The van der Waals surface area contributed by atoms with Gasteiger partial charge in [-0.1, -0.05) is 67.1 Å². The molecule has 0 aromatic heterocycles. The summed E-state index contributed by atoms with van der Waals surface area (Å²) in [6.45, 7) is 0. The van der Waals surface area contributed by atoms with E-state index in [0.717, 1.165) is 12.8 Å². The Hall–Kier alpha value is -1.90. The Kier molecular flexibility index (Phi) is 6.14. The summed E-state index contributed by atoms with van der Waals surface area (Å²) in [4.78, 5) is 21.6. The molecular formula is C18H21O4P. The molecule has 122 valence electrons. The van der Waals surface area contributed by atoms with Crippen LogP contribution in [-0.2, 0) is 20.9 Å². The summed E-state index contributed by atoms with van der Waals surface area (Å²) in [6, 6.07) is 18.3. The van der Waals surface area contributed by atoms with Gasteiger partial charge in [0.25, 0.3) is 0 Å². The summed E-state index contributed by atoms with van der Waals surface area (Å²) < 4.78 is 11.9. The Bertz CT molecular complexity index is 641. The van der Waals surface area contributed by atoms with E-state index in [-0.39, 0.29) is 6.42 Å². The van der Waals surface area contributed by atoms with Crippen LogP contribution in [0.25, 0.3) is 0 Å². The molecule has 0 heterocycles. The highest BCUT2D eigenvalue weighted by Gasteiger charge is 2.45. The molecule has 0 saturated carbocycles. The highest BCUT2D eigenvalue weighted by Crippen LogP contribution is 2.48. The van der Waals surface area contributed by atoms with Crippen LogP contribution in [-0.4, -0.2) is 16.0 Å². The monoisotopic (exact) mass is 332 g/mol. The zero-order valence-electron chi connectivity index (χ0n) is 12.8. The standard InChI is InChI=1S/C18H21O4P/c19-17(20)18(23(21)22,16-12-5-2-6-13-16)14-8-7-11-15-9-3-1-4-10-15/h1-6,9-10,12-13,23H,7-8,11,14H2,(H,19,20)(H,21,22). The Morgan fingerprint density at radius 2 is 1.52 bits per heavy atom. The van der Waals surface area contributed by atoms with Gasteiger partial charge in [0.2, 0.25) is 8.03 Å². The van der Waals surface area contributed by atoms with Crippen LogP contribution >= 0.6 is 8.03 Å². The maximum atomic E-state index is 11.9. The average Bonchev–Trinajstić information content (AvgIpc) is 2.56. The van der Waals surface area contributed by atoms with Gasteiger partial charge in [0.15, 0.2) is 5.16 Å². The summed E-state index contributed by atoms with van der Waals surface area (Å²) in [7, 11) is -3.28. The minimum Gasteiger partial charge on any atom is -0.480 e. The molecule has 0 aliphatic heterocycles. The fraction of sp³-hybridized carbons (Fsp3) is 0.278. The number of aliphatic carboxylic acids is 1. The molecule has 5 heteroatoms. The molecule has 0 amide bonds. The lowest BCUT2D eigenvalue weighted by molar-refractivity contribution is -0.140. The van der Waals surface area contributed by atoms with Crippen molar-refractivity contribution in [3.8, 4) is 0 Å². The number of unbranched alkanes of at least 4 members (excludes halogenated alkanes) is 1. The van der Waals surface area contributed by atoms with Crippen LogP contribution in [0.4, 0.5) is 0 Å². The molecule has 2 atom stereocenters. The zero-order valence-corrected chi connectivity index (χ0v) is 13.8. The van der Waals surface area contributed by atoms with Crippen LogP contribution in [0.5, 0.6) is 0 Å². The van der Waals surface area contributed by atoms with Crippen molar-refractivity contribution in [2.75, 3.05) is 0 Å². The molecular weight excluding hydrogens is 311 g/mol. The van der Waals surface area contributed by atoms with E-state index in [1.165, 1.54) is 5.56 Å². The van der Waals surface area contributed by atoms with Crippen LogP contribution in [0.15, 0.2) is 60.7 Å². The third-order valence-corrected chi connectivity index (χ3v) is 5.59. The van der Waals surface area contributed by atoms with Gasteiger partial charge in [-0.25, -0.2) is 0 Å². The number of aryl methyl sites for hydroxylation is 1. The molecule has 0 saturated heterocycles. The fourth-order valence-electron chi connectivity index (χ4n) is 2.78. The molecule has 2 aromatic rings. The molecule has 0 radical (unpaired) electrons. The first-order valence-corrected chi connectivity index (χ1v) is 8.99. The van der Waals surface area contributed by atoms with Crippen LogP contribution in [0.3, 0.4) is 0 Å². The number of carbonyl (C=O) groups is 1. The third-order valence-electron chi connectivity index (χ3n) is 4.11. The highest BCUT2D eigenvalue weighted by atomic mass is 31.1. The van der Waals surface area contributed by atoms with E-state index in [4.69, 9.17) is 0 Å². The van der Waals surface area contributed by atoms with Crippen molar-refractivity contribution in [3.05, 3.63) is 71.8 Å². The maximum absolute atomic E-state index is 11.9. The molecule has 2 aromatic carbocycles. The van der Waals surface area contributed by atoms with Crippen LogP contribution in [0.2, 0.25) is 0 Å². The van der Waals surface area contributed by atoms with Crippen molar-refractivity contribution in [1.82, 2.24) is 0 Å². The van der Waals surface area contributed by atoms with Crippen LogP contribution in [0, 0.1) is 0 Å². The Labute approximate surface area is 136 Å². The average molecular weight is 332 g/mol. The predicted octanol–water partition coefficient (Wildman–Crippen LogP) is 3.85. The van der Waals surface area contributed by atoms with Gasteiger partial charge in [-0.05, 0) is 30.4 Å². The lowest BCUT2D eigenvalue weighted by Gasteiger charge is -2.27. The van der Waals surface area contributed by atoms with Gasteiger partial charge < -0.3 is 10.00 Å². The predicted molar refractivity (Wildman–Crippen MR) is 91.0 cm³/mol. The second-order valence-corrected chi connectivity index (χ2v) is 7.04. The topological polar surface area (TPSA) is 74.6 Å². The third kappa shape index (κ3) is 4.10. The van der Waals surface area contributed by atoms with Gasteiger partial charge >= 0.3 is 5.97 Å². The smallest absolute Gasteiger partial charge is 0.323 e. The molecule has 23 heavy (non-hydrogen) atoms. The Morgan fingerprint density at radius 3 is 2.04 bits per heavy atom. The van der Waals surface area contributed by atoms with Crippen molar-refractivity contribution in [1.29, 1.82) is 0 Å². The summed E-state index contributed by atoms with van der Waals surface area (Å²) in [5, 5.41) is 7.94. The van der Waals surface area contributed by atoms with Crippen molar-refractivity contribution in [2.24, 2.45) is 0 Å². The molecule has 2 rings (SSSR count). The zero-order chi connectivity index (χ0) is 16.7.